The number of aliphatic carboxylic acids is 1. The number of methoxy groups -OCH3 is 2. The minimum Gasteiger partial charge on any atom is -0.496 e. The molecule has 1 N–H and O–H groups in total. The second kappa shape index (κ2) is 9.46. The number of ether oxygens (including phenoxy) is 2. The number of hydrogen-bond donors (Lipinski definition) is 1. The number of benzene rings is 2. The second-order valence-electron chi connectivity index (χ2n) is 7.00. The molecule has 2 aromatic rings. The van der Waals surface area contributed by atoms with Crippen molar-refractivity contribution in [2.45, 2.75) is 25.4 Å². The van der Waals surface area contributed by atoms with E-state index < -0.39 is 5.97 Å². The van der Waals surface area contributed by atoms with Crippen LogP contribution in [0.5, 0.6) is 11.5 Å². The molecule has 1 saturated heterocycles. The maximum absolute atomic E-state index is 11.5. The van der Waals surface area contributed by atoms with Crippen LogP contribution in [0, 0.1) is 0 Å². The molecule has 6 heteroatoms. The highest BCUT2D eigenvalue weighted by Crippen LogP contribution is 2.31. The van der Waals surface area contributed by atoms with Crippen LogP contribution in [0.4, 0.5) is 5.69 Å². The first kappa shape index (κ1) is 20.0. The van der Waals surface area contributed by atoms with Crippen LogP contribution in [-0.4, -0.2) is 55.9 Å². The monoisotopic (exact) mass is 384 g/mol. The van der Waals surface area contributed by atoms with Crippen molar-refractivity contribution >= 4 is 11.7 Å². The summed E-state index contributed by atoms with van der Waals surface area (Å²) in [6.45, 7) is 2.33. The van der Waals surface area contributed by atoms with Gasteiger partial charge in [-0.15, -0.1) is 0 Å². The Kier molecular flexibility index (Phi) is 6.76. The van der Waals surface area contributed by atoms with Gasteiger partial charge in [-0.1, -0.05) is 30.3 Å². The molecule has 1 aliphatic heterocycles. The van der Waals surface area contributed by atoms with Crippen LogP contribution in [0.2, 0.25) is 0 Å². The van der Waals surface area contributed by atoms with Crippen LogP contribution in [0.1, 0.15) is 18.4 Å². The summed E-state index contributed by atoms with van der Waals surface area (Å²) in [7, 11) is 3.33. The molecule has 28 heavy (non-hydrogen) atoms. The van der Waals surface area contributed by atoms with E-state index in [2.05, 4.69) is 15.9 Å². The predicted molar refractivity (Wildman–Crippen MR) is 109 cm³/mol. The number of nitrogens with zero attached hydrogens (tertiary/aromatic N) is 2. The van der Waals surface area contributed by atoms with Crippen LogP contribution in [-0.2, 0) is 11.3 Å². The van der Waals surface area contributed by atoms with Gasteiger partial charge < -0.3 is 19.5 Å². The van der Waals surface area contributed by atoms with Gasteiger partial charge >= 0.3 is 5.97 Å². The van der Waals surface area contributed by atoms with Gasteiger partial charge in [0.15, 0.2) is 0 Å². The molecule has 3 rings (SSSR count). The van der Waals surface area contributed by atoms with Crippen LogP contribution in [0.3, 0.4) is 0 Å². The van der Waals surface area contributed by atoms with Crippen molar-refractivity contribution in [2.75, 3.05) is 38.8 Å². The number of carboxylic acids is 1. The van der Waals surface area contributed by atoms with Crippen molar-refractivity contribution in [2.24, 2.45) is 0 Å². The summed E-state index contributed by atoms with van der Waals surface area (Å²) in [5, 5.41) is 9.42. The molecular weight excluding hydrogens is 356 g/mol. The molecule has 0 spiro atoms. The lowest BCUT2D eigenvalue weighted by atomic mass is 10.0. The summed E-state index contributed by atoms with van der Waals surface area (Å²) in [4.78, 5) is 15.8. The minimum absolute atomic E-state index is 0.0252. The van der Waals surface area contributed by atoms with E-state index in [9.17, 15) is 9.90 Å². The van der Waals surface area contributed by atoms with Crippen molar-refractivity contribution in [3.8, 4) is 11.5 Å². The SMILES string of the molecule is COc1ccccc1CN(CC(=O)O)C1CCN(c2ccccc2OC)CC1. The number of carbonyl (C=O) groups is 1. The third-order valence-electron chi connectivity index (χ3n) is 5.31. The fourth-order valence-electron chi connectivity index (χ4n) is 3.90. The fourth-order valence-corrected chi connectivity index (χ4v) is 3.90. The van der Waals surface area contributed by atoms with Gasteiger partial charge in [-0.2, -0.15) is 0 Å². The summed E-state index contributed by atoms with van der Waals surface area (Å²) in [6, 6.07) is 16.0. The Bertz CT molecular complexity index is 788. The predicted octanol–water partition coefficient (Wildman–Crippen LogP) is 3.26. The second-order valence-corrected chi connectivity index (χ2v) is 7.00. The maximum Gasteiger partial charge on any atom is 0.317 e. The number of rotatable bonds is 8. The van der Waals surface area contributed by atoms with E-state index in [1.165, 1.54) is 0 Å². The molecule has 0 aliphatic carbocycles. The van der Waals surface area contributed by atoms with E-state index >= 15 is 0 Å². The quantitative estimate of drug-likeness (QED) is 0.754. The van der Waals surface area contributed by atoms with Gasteiger partial charge in [0.1, 0.15) is 11.5 Å². The lowest BCUT2D eigenvalue weighted by Gasteiger charge is -2.39. The number of carboxylic acid groups (broad SMARTS) is 1. The zero-order valence-electron chi connectivity index (χ0n) is 16.5. The lowest BCUT2D eigenvalue weighted by molar-refractivity contribution is -0.139. The molecule has 1 fully saturated rings. The first-order valence-corrected chi connectivity index (χ1v) is 9.58. The lowest BCUT2D eigenvalue weighted by Crippen LogP contribution is -2.46. The fraction of sp³-hybridized carbons (Fsp3) is 0.409. The smallest absolute Gasteiger partial charge is 0.317 e. The van der Waals surface area contributed by atoms with Crippen LogP contribution < -0.4 is 14.4 Å². The molecular formula is C22H28N2O4. The molecule has 0 unspecified atom stereocenters. The Morgan fingerprint density at radius 1 is 1.04 bits per heavy atom. The first-order chi connectivity index (χ1) is 13.6. The zero-order chi connectivity index (χ0) is 19.9. The van der Waals surface area contributed by atoms with Gasteiger partial charge in [0.25, 0.3) is 0 Å². The maximum atomic E-state index is 11.5. The van der Waals surface area contributed by atoms with Crippen molar-refractivity contribution in [3.05, 3.63) is 54.1 Å². The van der Waals surface area contributed by atoms with Gasteiger partial charge in [-0.05, 0) is 31.0 Å². The van der Waals surface area contributed by atoms with E-state index in [4.69, 9.17) is 9.47 Å². The summed E-state index contributed by atoms with van der Waals surface area (Å²) >= 11 is 0. The number of para-hydroxylation sites is 3. The Morgan fingerprint density at radius 3 is 2.29 bits per heavy atom. The molecule has 0 aromatic heterocycles. The molecule has 2 aromatic carbocycles. The third-order valence-corrected chi connectivity index (χ3v) is 5.31. The molecule has 0 radical (unpaired) electrons. The Hall–Kier alpha value is -2.73. The molecule has 0 bridgehead atoms. The Balaban J connectivity index is 1.70. The topological polar surface area (TPSA) is 62.2 Å². The van der Waals surface area contributed by atoms with Crippen LogP contribution in [0.15, 0.2) is 48.5 Å². The summed E-state index contributed by atoms with van der Waals surface area (Å²) in [5.74, 6) is 0.865. The highest BCUT2D eigenvalue weighted by atomic mass is 16.5. The molecule has 0 saturated carbocycles. The molecule has 0 amide bonds. The first-order valence-electron chi connectivity index (χ1n) is 9.58. The van der Waals surface area contributed by atoms with Gasteiger partial charge in [-0.3, -0.25) is 9.69 Å². The third kappa shape index (κ3) is 4.75. The van der Waals surface area contributed by atoms with E-state index in [1.54, 1.807) is 14.2 Å². The number of piperidine rings is 1. The highest BCUT2D eigenvalue weighted by molar-refractivity contribution is 5.69. The number of hydrogen-bond acceptors (Lipinski definition) is 5. The van der Waals surface area contributed by atoms with Gasteiger partial charge in [-0.25, -0.2) is 0 Å². The van der Waals surface area contributed by atoms with E-state index in [0.29, 0.717) is 6.54 Å². The van der Waals surface area contributed by atoms with E-state index in [1.807, 2.05) is 42.5 Å². The van der Waals surface area contributed by atoms with Crippen molar-refractivity contribution < 1.29 is 19.4 Å². The largest absolute Gasteiger partial charge is 0.496 e. The Morgan fingerprint density at radius 2 is 1.64 bits per heavy atom. The van der Waals surface area contributed by atoms with Crippen molar-refractivity contribution in [3.63, 3.8) is 0 Å². The van der Waals surface area contributed by atoms with Crippen LogP contribution >= 0.6 is 0 Å². The van der Waals surface area contributed by atoms with Crippen molar-refractivity contribution in [1.29, 1.82) is 0 Å². The van der Waals surface area contributed by atoms with Crippen molar-refractivity contribution in [1.82, 2.24) is 4.90 Å². The van der Waals surface area contributed by atoms with Gasteiger partial charge in [0.2, 0.25) is 0 Å². The zero-order valence-corrected chi connectivity index (χ0v) is 16.5. The molecule has 6 nitrogen and oxygen atoms in total. The van der Waals surface area contributed by atoms with E-state index in [-0.39, 0.29) is 12.6 Å². The van der Waals surface area contributed by atoms with E-state index in [0.717, 1.165) is 48.7 Å². The highest BCUT2D eigenvalue weighted by Gasteiger charge is 2.27. The molecule has 1 aliphatic rings. The number of anilines is 1. The standard InChI is InChI=1S/C22H28N2O4/c1-27-20-9-5-3-7-17(20)15-24(16-22(25)26)18-11-13-23(14-12-18)19-8-4-6-10-21(19)28-2/h3-10,18H,11-16H2,1-2H3,(H,25,26). The molecule has 0 atom stereocenters. The normalized spacial score (nSPS) is 14.9. The van der Waals surface area contributed by atoms with Crippen LogP contribution in [0.25, 0.3) is 0 Å². The average Bonchev–Trinajstić information content (AvgIpc) is 2.73. The Labute approximate surface area is 166 Å². The van der Waals surface area contributed by atoms with Gasteiger partial charge in [0.05, 0.1) is 26.5 Å². The summed E-state index contributed by atoms with van der Waals surface area (Å²) in [5.41, 5.74) is 2.11. The average molecular weight is 384 g/mol. The summed E-state index contributed by atoms with van der Waals surface area (Å²) in [6.07, 6.45) is 1.81. The summed E-state index contributed by atoms with van der Waals surface area (Å²) < 4.78 is 10.9. The molecule has 1 heterocycles. The minimum atomic E-state index is -0.804. The van der Waals surface area contributed by atoms with Gasteiger partial charge in [0, 0.05) is 31.2 Å². The molecule has 150 valence electrons.